The first-order chi connectivity index (χ1) is 10.1. The number of rotatable bonds is 5. The highest BCUT2D eigenvalue weighted by molar-refractivity contribution is 7.09. The SMILES string of the molecule is CCCC1CCCN(C(=O)c2csc(CC(C)C)n2)CC1. The van der Waals surface area contributed by atoms with Gasteiger partial charge < -0.3 is 4.90 Å². The van der Waals surface area contributed by atoms with Crippen molar-refractivity contribution in [2.45, 2.75) is 59.3 Å². The highest BCUT2D eigenvalue weighted by Gasteiger charge is 2.23. The zero-order chi connectivity index (χ0) is 15.2. The number of nitrogens with zero attached hydrogens (tertiary/aromatic N) is 2. The van der Waals surface area contributed by atoms with E-state index < -0.39 is 0 Å². The van der Waals surface area contributed by atoms with Crippen molar-refractivity contribution in [3.05, 3.63) is 16.1 Å². The molecule has 0 radical (unpaired) electrons. The molecule has 0 N–H and O–H groups in total. The summed E-state index contributed by atoms with van der Waals surface area (Å²) in [6.45, 7) is 8.42. The third kappa shape index (κ3) is 4.80. The molecule has 1 amide bonds. The van der Waals surface area contributed by atoms with Gasteiger partial charge in [-0.2, -0.15) is 0 Å². The number of amides is 1. The van der Waals surface area contributed by atoms with Gasteiger partial charge in [-0.1, -0.05) is 33.6 Å². The molecule has 0 spiro atoms. The molecule has 1 aliphatic heterocycles. The first kappa shape index (κ1) is 16.5. The van der Waals surface area contributed by atoms with E-state index in [4.69, 9.17) is 0 Å². The Bertz CT molecular complexity index is 455. The number of carbonyl (C=O) groups excluding carboxylic acids is 1. The molecule has 3 nitrogen and oxygen atoms in total. The predicted octanol–water partition coefficient (Wildman–Crippen LogP) is 4.38. The molecule has 0 bridgehead atoms. The van der Waals surface area contributed by atoms with Crippen LogP contribution in [0.1, 0.15) is 68.4 Å². The van der Waals surface area contributed by atoms with Crippen molar-refractivity contribution >= 4 is 17.2 Å². The van der Waals surface area contributed by atoms with Crippen molar-refractivity contribution < 1.29 is 4.79 Å². The molecule has 1 aliphatic rings. The monoisotopic (exact) mass is 308 g/mol. The van der Waals surface area contributed by atoms with E-state index in [-0.39, 0.29) is 5.91 Å². The molecule has 1 unspecified atom stereocenters. The lowest BCUT2D eigenvalue weighted by molar-refractivity contribution is 0.0754. The second-order valence-electron chi connectivity index (χ2n) is 6.60. The topological polar surface area (TPSA) is 33.2 Å². The van der Waals surface area contributed by atoms with Crippen LogP contribution in [0.25, 0.3) is 0 Å². The number of thiazole rings is 1. The van der Waals surface area contributed by atoms with Crippen molar-refractivity contribution in [2.24, 2.45) is 11.8 Å². The number of hydrogen-bond donors (Lipinski definition) is 0. The van der Waals surface area contributed by atoms with Gasteiger partial charge in [0.15, 0.2) is 0 Å². The molecular formula is C17H28N2OS. The van der Waals surface area contributed by atoms with E-state index in [0.29, 0.717) is 11.6 Å². The summed E-state index contributed by atoms with van der Waals surface area (Å²) in [7, 11) is 0. The maximum absolute atomic E-state index is 12.6. The van der Waals surface area contributed by atoms with E-state index in [2.05, 4.69) is 25.8 Å². The Labute approximate surface area is 132 Å². The lowest BCUT2D eigenvalue weighted by Crippen LogP contribution is -2.32. The van der Waals surface area contributed by atoms with Crippen LogP contribution in [0.15, 0.2) is 5.38 Å². The smallest absolute Gasteiger partial charge is 0.273 e. The summed E-state index contributed by atoms with van der Waals surface area (Å²) in [6, 6.07) is 0. The second kappa shape index (κ2) is 7.92. The molecule has 1 atom stereocenters. The molecule has 1 aromatic heterocycles. The number of hydrogen-bond acceptors (Lipinski definition) is 3. The van der Waals surface area contributed by atoms with Crippen molar-refractivity contribution in [2.75, 3.05) is 13.1 Å². The van der Waals surface area contributed by atoms with Gasteiger partial charge in [0.05, 0.1) is 5.01 Å². The summed E-state index contributed by atoms with van der Waals surface area (Å²) < 4.78 is 0. The quantitative estimate of drug-likeness (QED) is 0.808. The highest BCUT2D eigenvalue weighted by Crippen LogP contribution is 2.23. The van der Waals surface area contributed by atoms with Gasteiger partial charge >= 0.3 is 0 Å². The van der Waals surface area contributed by atoms with Crippen LogP contribution >= 0.6 is 11.3 Å². The van der Waals surface area contributed by atoms with Gasteiger partial charge in [-0.05, 0) is 31.1 Å². The summed E-state index contributed by atoms with van der Waals surface area (Å²) >= 11 is 1.63. The molecule has 0 aromatic carbocycles. The molecule has 0 saturated carbocycles. The van der Waals surface area contributed by atoms with E-state index >= 15 is 0 Å². The third-order valence-electron chi connectivity index (χ3n) is 4.19. The summed E-state index contributed by atoms with van der Waals surface area (Å²) in [5, 5.41) is 3.03. The lowest BCUT2D eigenvalue weighted by Gasteiger charge is -2.19. The zero-order valence-electron chi connectivity index (χ0n) is 13.6. The maximum atomic E-state index is 12.6. The van der Waals surface area contributed by atoms with Crippen LogP contribution in [0.4, 0.5) is 0 Å². The highest BCUT2D eigenvalue weighted by atomic mass is 32.1. The van der Waals surface area contributed by atoms with Gasteiger partial charge in [0.2, 0.25) is 0 Å². The van der Waals surface area contributed by atoms with Gasteiger partial charge in [-0.25, -0.2) is 4.98 Å². The average molecular weight is 308 g/mol. The number of aromatic nitrogens is 1. The average Bonchev–Trinajstić information content (AvgIpc) is 2.76. The fourth-order valence-electron chi connectivity index (χ4n) is 3.08. The standard InChI is InChI=1S/C17H28N2OS/c1-4-6-14-7-5-9-19(10-8-14)17(20)15-12-21-16(18-15)11-13(2)3/h12-14H,4-11H2,1-3H3. The van der Waals surface area contributed by atoms with Crippen molar-refractivity contribution in [3.63, 3.8) is 0 Å². The second-order valence-corrected chi connectivity index (χ2v) is 7.54. The Morgan fingerprint density at radius 2 is 2.24 bits per heavy atom. The van der Waals surface area contributed by atoms with E-state index in [9.17, 15) is 4.79 Å². The minimum absolute atomic E-state index is 0.137. The minimum Gasteiger partial charge on any atom is -0.337 e. The van der Waals surface area contributed by atoms with Crippen LogP contribution in [0.3, 0.4) is 0 Å². The van der Waals surface area contributed by atoms with Crippen LogP contribution in [0, 0.1) is 11.8 Å². The fourth-order valence-corrected chi connectivity index (χ4v) is 4.06. The van der Waals surface area contributed by atoms with Gasteiger partial charge in [0.25, 0.3) is 5.91 Å². The summed E-state index contributed by atoms with van der Waals surface area (Å²) in [5.41, 5.74) is 0.657. The molecule has 4 heteroatoms. The normalized spacial score (nSPS) is 19.8. The molecule has 0 aliphatic carbocycles. The van der Waals surface area contributed by atoms with Gasteiger partial charge in [-0.15, -0.1) is 11.3 Å². The lowest BCUT2D eigenvalue weighted by atomic mass is 9.96. The third-order valence-corrected chi connectivity index (χ3v) is 5.06. The summed E-state index contributed by atoms with van der Waals surface area (Å²) in [4.78, 5) is 19.1. The van der Waals surface area contributed by atoms with Crippen LogP contribution < -0.4 is 0 Å². The Morgan fingerprint density at radius 1 is 1.43 bits per heavy atom. The molecule has 1 saturated heterocycles. The van der Waals surface area contributed by atoms with Gasteiger partial charge in [0, 0.05) is 24.9 Å². The molecule has 1 fully saturated rings. The largest absolute Gasteiger partial charge is 0.337 e. The van der Waals surface area contributed by atoms with Crippen molar-refractivity contribution in [3.8, 4) is 0 Å². The Hall–Kier alpha value is -0.900. The van der Waals surface area contributed by atoms with Crippen molar-refractivity contribution in [1.29, 1.82) is 0 Å². The first-order valence-corrected chi connectivity index (χ1v) is 9.21. The number of carbonyl (C=O) groups is 1. The van der Waals surface area contributed by atoms with E-state index in [1.807, 2.05) is 10.3 Å². The fraction of sp³-hybridized carbons (Fsp3) is 0.765. The Balaban J connectivity index is 1.94. The Morgan fingerprint density at radius 3 is 2.95 bits per heavy atom. The van der Waals surface area contributed by atoms with E-state index in [1.165, 1.54) is 19.3 Å². The molecule has 2 heterocycles. The zero-order valence-corrected chi connectivity index (χ0v) is 14.4. The van der Waals surface area contributed by atoms with E-state index in [0.717, 1.165) is 43.3 Å². The maximum Gasteiger partial charge on any atom is 0.273 e. The summed E-state index contributed by atoms with van der Waals surface area (Å²) in [5.74, 6) is 1.53. The van der Waals surface area contributed by atoms with Crippen molar-refractivity contribution in [1.82, 2.24) is 9.88 Å². The van der Waals surface area contributed by atoms with Gasteiger partial charge in [0.1, 0.15) is 5.69 Å². The molecule has 118 valence electrons. The van der Waals surface area contributed by atoms with Crippen LogP contribution in [0.2, 0.25) is 0 Å². The van der Waals surface area contributed by atoms with Crippen LogP contribution in [-0.2, 0) is 6.42 Å². The minimum atomic E-state index is 0.137. The Kier molecular flexibility index (Phi) is 6.22. The molecule has 21 heavy (non-hydrogen) atoms. The van der Waals surface area contributed by atoms with Gasteiger partial charge in [-0.3, -0.25) is 4.79 Å². The number of likely N-dealkylation sites (tertiary alicyclic amines) is 1. The predicted molar refractivity (Wildman–Crippen MR) is 88.8 cm³/mol. The molecular weight excluding hydrogens is 280 g/mol. The summed E-state index contributed by atoms with van der Waals surface area (Å²) in [6.07, 6.45) is 7.09. The van der Waals surface area contributed by atoms with E-state index in [1.54, 1.807) is 11.3 Å². The van der Waals surface area contributed by atoms with Crippen LogP contribution in [0.5, 0.6) is 0 Å². The molecule has 1 aromatic rings. The van der Waals surface area contributed by atoms with Crippen LogP contribution in [-0.4, -0.2) is 28.9 Å². The first-order valence-electron chi connectivity index (χ1n) is 8.33. The molecule has 2 rings (SSSR count).